The molecule has 0 fully saturated rings. The Bertz CT molecular complexity index is 510. The van der Waals surface area contributed by atoms with Gasteiger partial charge in [0.25, 0.3) is 0 Å². The van der Waals surface area contributed by atoms with E-state index in [1.165, 1.54) is 6.07 Å². The third-order valence-electron chi connectivity index (χ3n) is 2.35. The molecule has 3 nitrogen and oxygen atoms in total. The van der Waals surface area contributed by atoms with E-state index in [-0.39, 0.29) is 5.02 Å². The molecule has 0 aliphatic heterocycles. The van der Waals surface area contributed by atoms with E-state index in [9.17, 15) is 4.39 Å². The largest absolute Gasteiger partial charge is 0.383 e. The molecule has 0 spiro atoms. The summed E-state index contributed by atoms with van der Waals surface area (Å²) in [6, 6.07) is 4.59. The highest BCUT2D eigenvalue weighted by atomic mass is 35.5. The van der Waals surface area contributed by atoms with Crippen molar-refractivity contribution in [1.82, 2.24) is 9.78 Å². The number of nitrogens with zero attached hydrogens (tertiary/aromatic N) is 2. The van der Waals surface area contributed by atoms with Crippen LogP contribution in [0.5, 0.6) is 0 Å². The van der Waals surface area contributed by atoms with Gasteiger partial charge in [0, 0.05) is 18.4 Å². The zero-order chi connectivity index (χ0) is 12.3. The summed E-state index contributed by atoms with van der Waals surface area (Å²) >= 11 is 5.68. The smallest absolute Gasteiger partial charge is 0.141 e. The summed E-state index contributed by atoms with van der Waals surface area (Å²) in [6.45, 7) is 3.46. The van der Waals surface area contributed by atoms with Crippen LogP contribution in [0.2, 0.25) is 5.02 Å². The molecule has 0 atom stereocenters. The third-order valence-corrected chi connectivity index (χ3v) is 2.64. The molecule has 1 heterocycles. The van der Waals surface area contributed by atoms with Gasteiger partial charge in [0.2, 0.25) is 0 Å². The second kappa shape index (κ2) is 5.19. The van der Waals surface area contributed by atoms with Crippen LogP contribution >= 0.6 is 11.6 Å². The average molecular weight is 254 g/mol. The van der Waals surface area contributed by atoms with Gasteiger partial charge in [-0.2, -0.15) is 5.10 Å². The van der Waals surface area contributed by atoms with E-state index in [0.717, 1.165) is 17.8 Å². The maximum Gasteiger partial charge on any atom is 0.141 e. The first-order chi connectivity index (χ1) is 8.15. The topological polar surface area (TPSA) is 29.9 Å². The molecule has 1 N–H and O–H groups in total. The molecular weight excluding hydrogens is 241 g/mol. The fourth-order valence-electron chi connectivity index (χ4n) is 1.51. The number of anilines is 1. The Morgan fingerprint density at radius 1 is 1.47 bits per heavy atom. The number of benzene rings is 1. The Hall–Kier alpha value is -1.55. The van der Waals surface area contributed by atoms with Crippen molar-refractivity contribution in [2.24, 2.45) is 0 Å². The highest BCUT2D eigenvalue weighted by molar-refractivity contribution is 6.31. The highest BCUT2D eigenvalue weighted by Gasteiger charge is 2.00. The summed E-state index contributed by atoms with van der Waals surface area (Å²) in [6.07, 6.45) is 3.79. The molecule has 0 aliphatic rings. The van der Waals surface area contributed by atoms with Crippen molar-refractivity contribution in [3.8, 4) is 0 Å². The van der Waals surface area contributed by atoms with Crippen molar-refractivity contribution in [2.45, 2.75) is 13.5 Å². The zero-order valence-corrected chi connectivity index (χ0v) is 10.2. The third kappa shape index (κ3) is 3.20. The molecule has 1 aromatic heterocycles. The maximum atomic E-state index is 12.9. The van der Waals surface area contributed by atoms with Gasteiger partial charge in [-0.15, -0.1) is 0 Å². The molecule has 2 aromatic rings. The number of halogens is 2. The fraction of sp³-hybridized carbons (Fsp3) is 0.250. The van der Waals surface area contributed by atoms with Crippen molar-refractivity contribution in [3.05, 3.63) is 47.0 Å². The number of rotatable bonds is 4. The molecule has 5 heteroatoms. The normalized spacial score (nSPS) is 10.5. The van der Waals surface area contributed by atoms with Crippen molar-refractivity contribution < 1.29 is 4.39 Å². The molecule has 0 saturated carbocycles. The van der Waals surface area contributed by atoms with Crippen molar-refractivity contribution >= 4 is 17.3 Å². The zero-order valence-electron chi connectivity index (χ0n) is 9.45. The summed E-state index contributed by atoms with van der Waals surface area (Å²) in [5.41, 5.74) is 1.94. The molecule has 1 aromatic carbocycles. The van der Waals surface area contributed by atoms with Gasteiger partial charge in [-0.25, -0.2) is 4.39 Å². The number of aryl methyl sites for hydroxylation is 1. The summed E-state index contributed by atoms with van der Waals surface area (Å²) in [4.78, 5) is 0. The quantitative estimate of drug-likeness (QED) is 0.908. The van der Waals surface area contributed by atoms with Crippen molar-refractivity contribution in [3.63, 3.8) is 0 Å². The summed E-state index contributed by atoms with van der Waals surface area (Å²) in [7, 11) is 0. The SMILES string of the molecule is Cc1cnn(CCNc2ccc(F)c(Cl)c2)c1. The maximum absolute atomic E-state index is 12.9. The van der Waals surface area contributed by atoms with Crippen LogP contribution < -0.4 is 5.32 Å². The van der Waals surface area contributed by atoms with Crippen LogP contribution in [0.1, 0.15) is 5.56 Å². The molecule has 17 heavy (non-hydrogen) atoms. The Labute approximate surface area is 104 Å². The number of hydrogen-bond acceptors (Lipinski definition) is 2. The van der Waals surface area contributed by atoms with E-state index in [1.54, 1.807) is 12.1 Å². The van der Waals surface area contributed by atoms with Gasteiger partial charge in [-0.05, 0) is 30.7 Å². The Morgan fingerprint density at radius 2 is 2.29 bits per heavy atom. The lowest BCUT2D eigenvalue weighted by molar-refractivity contribution is 0.627. The van der Waals surface area contributed by atoms with E-state index in [2.05, 4.69) is 10.4 Å². The first-order valence-electron chi connectivity index (χ1n) is 5.33. The number of nitrogens with one attached hydrogen (secondary N) is 1. The standard InChI is InChI=1S/C12H13ClFN3/c1-9-7-16-17(8-9)5-4-15-10-2-3-12(14)11(13)6-10/h2-3,6-8,15H,4-5H2,1H3. The van der Waals surface area contributed by atoms with E-state index >= 15 is 0 Å². The lowest BCUT2D eigenvalue weighted by atomic mass is 10.3. The van der Waals surface area contributed by atoms with Gasteiger partial charge in [-0.1, -0.05) is 11.6 Å². The van der Waals surface area contributed by atoms with Crippen LogP contribution in [-0.2, 0) is 6.54 Å². The molecular formula is C12H13ClFN3. The lowest BCUT2D eigenvalue weighted by Crippen LogP contribution is -2.10. The monoisotopic (exact) mass is 253 g/mol. The second-order valence-electron chi connectivity index (χ2n) is 3.84. The van der Waals surface area contributed by atoms with Crippen LogP contribution in [0.4, 0.5) is 10.1 Å². The number of hydrogen-bond donors (Lipinski definition) is 1. The van der Waals surface area contributed by atoms with Gasteiger partial charge in [0.15, 0.2) is 0 Å². The van der Waals surface area contributed by atoms with Gasteiger partial charge >= 0.3 is 0 Å². The molecule has 2 rings (SSSR count). The number of aromatic nitrogens is 2. The Balaban J connectivity index is 1.87. The minimum Gasteiger partial charge on any atom is -0.383 e. The van der Waals surface area contributed by atoms with Gasteiger partial charge in [-0.3, -0.25) is 4.68 Å². The predicted octanol–water partition coefficient (Wildman–Crippen LogP) is 3.10. The van der Waals surface area contributed by atoms with E-state index < -0.39 is 5.82 Å². The molecule has 0 amide bonds. The second-order valence-corrected chi connectivity index (χ2v) is 4.24. The van der Waals surface area contributed by atoms with Crippen LogP contribution in [0.3, 0.4) is 0 Å². The summed E-state index contributed by atoms with van der Waals surface area (Å²) in [5, 5.41) is 7.46. The highest BCUT2D eigenvalue weighted by Crippen LogP contribution is 2.18. The van der Waals surface area contributed by atoms with Crippen LogP contribution in [0.15, 0.2) is 30.6 Å². The molecule has 0 bridgehead atoms. The fourth-order valence-corrected chi connectivity index (χ4v) is 1.69. The lowest BCUT2D eigenvalue weighted by Gasteiger charge is -2.07. The molecule has 0 radical (unpaired) electrons. The van der Waals surface area contributed by atoms with E-state index in [4.69, 9.17) is 11.6 Å². The van der Waals surface area contributed by atoms with Crippen molar-refractivity contribution in [2.75, 3.05) is 11.9 Å². The first-order valence-corrected chi connectivity index (χ1v) is 5.71. The van der Waals surface area contributed by atoms with Gasteiger partial charge < -0.3 is 5.32 Å². The van der Waals surface area contributed by atoms with Crippen LogP contribution in [0, 0.1) is 12.7 Å². The molecule has 0 aliphatic carbocycles. The van der Waals surface area contributed by atoms with Crippen LogP contribution in [-0.4, -0.2) is 16.3 Å². The van der Waals surface area contributed by atoms with E-state index in [1.807, 2.05) is 24.0 Å². The first kappa shape index (κ1) is 11.9. The van der Waals surface area contributed by atoms with Crippen molar-refractivity contribution in [1.29, 1.82) is 0 Å². The summed E-state index contributed by atoms with van der Waals surface area (Å²) < 4.78 is 14.8. The minimum absolute atomic E-state index is 0.130. The van der Waals surface area contributed by atoms with Gasteiger partial charge in [0.05, 0.1) is 17.8 Å². The van der Waals surface area contributed by atoms with Crippen LogP contribution in [0.25, 0.3) is 0 Å². The minimum atomic E-state index is -0.403. The summed E-state index contributed by atoms with van der Waals surface area (Å²) in [5.74, 6) is -0.403. The van der Waals surface area contributed by atoms with Gasteiger partial charge in [0.1, 0.15) is 5.82 Å². The Kier molecular flexibility index (Phi) is 3.64. The van der Waals surface area contributed by atoms with E-state index in [0.29, 0.717) is 6.54 Å². The predicted molar refractivity (Wildman–Crippen MR) is 66.9 cm³/mol. The molecule has 0 unspecified atom stereocenters. The average Bonchev–Trinajstić information content (AvgIpc) is 2.70. The Morgan fingerprint density at radius 3 is 2.94 bits per heavy atom. The molecule has 90 valence electrons. The molecule has 0 saturated heterocycles.